The Morgan fingerprint density at radius 3 is 2.68 bits per heavy atom. The molecule has 2 aromatic heterocycles. The molecule has 0 saturated carbocycles. The number of rotatable bonds is 8. The molecule has 0 unspecified atom stereocenters. The summed E-state index contributed by atoms with van der Waals surface area (Å²) in [5.74, 6) is -0.00142. The number of hydrogen-bond donors (Lipinski definition) is 1. The third-order valence-electron chi connectivity index (χ3n) is 4.18. The lowest BCUT2D eigenvalue weighted by molar-refractivity contribution is 0.0728. The predicted molar refractivity (Wildman–Crippen MR) is 104 cm³/mol. The Hall–Kier alpha value is -3.48. The summed E-state index contributed by atoms with van der Waals surface area (Å²) in [6.45, 7) is 3.04. The summed E-state index contributed by atoms with van der Waals surface area (Å²) in [7, 11) is 0. The molecule has 1 aromatic carbocycles. The van der Waals surface area contributed by atoms with Crippen LogP contribution in [-0.2, 0) is 13.0 Å². The van der Waals surface area contributed by atoms with Crippen molar-refractivity contribution in [2.75, 3.05) is 13.1 Å². The Kier molecular flexibility index (Phi) is 6.51. The largest absolute Gasteiger partial charge is 0.359 e. The van der Waals surface area contributed by atoms with E-state index in [1.807, 2.05) is 37.3 Å². The molecule has 0 radical (unpaired) electrons. The van der Waals surface area contributed by atoms with Crippen LogP contribution in [0.2, 0.25) is 0 Å². The molecule has 1 N–H and O–H groups in total. The van der Waals surface area contributed by atoms with Crippen LogP contribution < -0.4 is 5.32 Å². The van der Waals surface area contributed by atoms with E-state index < -0.39 is 0 Å². The zero-order chi connectivity index (χ0) is 19.8. The van der Waals surface area contributed by atoms with Crippen molar-refractivity contribution in [3.8, 4) is 0 Å². The molecule has 0 aliphatic heterocycles. The van der Waals surface area contributed by atoms with E-state index in [1.165, 1.54) is 0 Å². The molecule has 3 rings (SSSR count). The van der Waals surface area contributed by atoms with Gasteiger partial charge in [-0.1, -0.05) is 35.5 Å². The first-order chi connectivity index (χ1) is 13.7. The van der Waals surface area contributed by atoms with Crippen molar-refractivity contribution in [2.45, 2.75) is 19.9 Å². The molecule has 0 spiro atoms. The summed E-state index contributed by atoms with van der Waals surface area (Å²) in [5.41, 5.74) is 1.83. The number of amides is 2. The van der Waals surface area contributed by atoms with Crippen LogP contribution >= 0.6 is 0 Å². The SMILES string of the molecule is CCNC(=O)c1cc(CN(CCc2ccccc2)C(=O)c2cccnc2)on1. The maximum Gasteiger partial charge on any atom is 0.273 e. The summed E-state index contributed by atoms with van der Waals surface area (Å²) in [6, 6.07) is 15.0. The molecule has 144 valence electrons. The average Bonchev–Trinajstić information content (AvgIpc) is 3.21. The van der Waals surface area contributed by atoms with Crippen molar-refractivity contribution in [3.05, 3.63) is 83.5 Å². The van der Waals surface area contributed by atoms with Crippen LogP contribution in [0.4, 0.5) is 0 Å². The summed E-state index contributed by atoms with van der Waals surface area (Å²) in [4.78, 5) is 30.5. The first-order valence-electron chi connectivity index (χ1n) is 9.14. The van der Waals surface area contributed by atoms with Gasteiger partial charge >= 0.3 is 0 Å². The normalized spacial score (nSPS) is 10.5. The molecular formula is C21H22N4O3. The summed E-state index contributed by atoms with van der Waals surface area (Å²) in [5, 5.41) is 6.47. The van der Waals surface area contributed by atoms with Gasteiger partial charge in [0.2, 0.25) is 0 Å². The van der Waals surface area contributed by atoms with Gasteiger partial charge < -0.3 is 14.7 Å². The highest BCUT2D eigenvalue weighted by molar-refractivity contribution is 5.94. The van der Waals surface area contributed by atoms with E-state index in [1.54, 1.807) is 35.5 Å². The Morgan fingerprint density at radius 1 is 1.14 bits per heavy atom. The third kappa shape index (κ3) is 5.03. The number of nitrogens with zero attached hydrogens (tertiary/aromatic N) is 3. The topological polar surface area (TPSA) is 88.3 Å². The van der Waals surface area contributed by atoms with E-state index in [0.717, 1.165) is 5.56 Å². The first kappa shape index (κ1) is 19.3. The van der Waals surface area contributed by atoms with Gasteiger partial charge in [-0.2, -0.15) is 0 Å². The first-order valence-corrected chi connectivity index (χ1v) is 9.14. The van der Waals surface area contributed by atoms with Gasteiger partial charge in [0.25, 0.3) is 11.8 Å². The lowest BCUT2D eigenvalue weighted by Gasteiger charge is -2.21. The van der Waals surface area contributed by atoms with Crippen molar-refractivity contribution >= 4 is 11.8 Å². The Bertz CT molecular complexity index is 910. The van der Waals surface area contributed by atoms with Crippen molar-refractivity contribution in [1.82, 2.24) is 20.4 Å². The van der Waals surface area contributed by atoms with E-state index >= 15 is 0 Å². The van der Waals surface area contributed by atoms with Gasteiger partial charge in [-0.05, 0) is 31.0 Å². The van der Waals surface area contributed by atoms with Crippen molar-refractivity contribution in [2.24, 2.45) is 0 Å². The Labute approximate surface area is 163 Å². The third-order valence-corrected chi connectivity index (χ3v) is 4.18. The molecule has 0 saturated heterocycles. The molecule has 7 nitrogen and oxygen atoms in total. The van der Waals surface area contributed by atoms with Gasteiger partial charge in [0, 0.05) is 31.5 Å². The van der Waals surface area contributed by atoms with Gasteiger partial charge in [0.05, 0.1) is 12.1 Å². The van der Waals surface area contributed by atoms with Crippen LogP contribution in [0, 0.1) is 0 Å². The fourth-order valence-electron chi connectivity index (χ4n) is 2.77. The average molecular weight is 378 g/mol. The fraction of sp³-hybridized carbons (Fsp3) is 0.238. The summed E-state index contributed by atoms with van der Waals surface area (Å²) in [6.07, 6.45) is 3.86. The van der Waals surface area contributed by atoms with Crippen LogP contribution in [0.25, 0.3) is 0 Å². The molecule has 0 aliphatic carbocycles. The van der Waals surface area contributed by atoms with Crippen molar-refractivity contribution < 1.29 is 14.1 Å². The number of aromatic nitrogens is 2. The molecule has 0 aliphatic rings. The van der Waals surface area contributed by atoms with Gasteiger partial charge in [-0.25, -0.2) is 0 Å². The quantitative estimate of drug-likeness (QED) is 0.651. The van der Waals surface area contributed by atoms with Gasteiger partial charge in [-0.15, -0.1) is 0 Å². The minimum Gasteiger partial charge on any atom is -0.359 e. The predicted octanol–water partition coefficient (Wildman–Crippen LogP) is 2.70. The molecule has 0 fully saturated rings. The zero-order valence-corrected chi connectivity index (χ0v) is 15.7. The van der Waals surface area contributed by atoms with E-state index in [9.17, 15) is 9.59 Å². The number of nitrogens with one attached hydrogen (secondary N) is 1. The molecule has 28 heavy (non-hydrogen) atoms. The second-order valence-electron chi connectivity index (χ2n) is 6.24. The standard InChI is InChI=1S/C21H22N4O3/c1-2-23-20(26)19-13-18(28-24-19)15-25(12-10-16-7-4-3-5-8-16)21(27)17-9-6-11-22-14-17/h3-9,11,13-14H,2,10,12,15H2,1H3,(H,23,26). The number of hydrogen-bond acceptors (Lipinski definition) is 5. The molecule has 2 amide bonds. The summed E-state index contributed by atoms with van der Waals surface area (Å²) < 4.78 is 5.28. The van der Waals surface area contributed by atoms with Crippen LogP contribution in [0.5, 0.6) is 0 Å². The van der Waals surface area contributed by atoms with Crippen LogP contribution in [0.15, 0.2) is 65.4 Å². The second-order valence-corrected chi connectivity index (χ2v) is 6.24. The maximum absolute atomic E-state index is 13.0. The highest BCUT2D eigenvalue weighted by Gasteiger charge is 2.20. The molecule has 0 atom stereocenters. The van der Waals surface area contributed by atoms with Crippen molar-refractivity contribution in [3.63, 3.8) is 0 Å². The van der Waals surface area contributed by atoms with Gasteiger partial charge in [-0.3, -0.25) is 14.6 Å². The fourth-order valence-corrected chi connectivity index (χ4v) is 2.77. The minimum absolute atomic E-state index is 0.153. The van der Waals surface area contributed by atoms with Crippen LogP contribution in [-0.4, -0.2) is 39.9 Å². The van der Waals surface area contributed by atoms with E-state index in [4.69, 9.17) is 4.52 Å². The smallest absolute Gasteiger partial charge is 0.273 e. The van der Waals surface area contributed by atoms with Crippen molar-refractivity contribution in [1.29, 1.82) is 0 Å². The summed E-state index contributed by atoms with van der Waals surface area (Å²) >= 11 is 0. The lowest BCUT2D eigenvalue weighted by Crippen LogP contribution is -2.32. The highest BCUT2D eigenvalue weighted by atomic mass is 16.5. The van der Waals surface area contributed by atoms with Crippen LogP contribution in [0.1, 0.15) is 39.1 Å². The molecule has 2 heterocycles. The Morgan fingerprint density at radius 2 is 1.96 bits per heavy atom. The lowest BCUT2D eigenvalue weighted by atomic mass is 10.1. The molecule has 3 aromatic rings. The molecule has 0 bridgehead atoms. The number of carbonyl (C=O) groups is 2. The van der Waals surface area contributed by atoms with E-state index in [0.29, 0.717) is 30.8 Å². The highest BCUT2D eigenvalue weighted by Crippen LogP contribution is 2.13. The van der Waals surface area contributed by atoms with Gasteiger partial charge in [0.1, 0.15) is 0 Å². The number of carbonyl (C=O) groups excluding carboxylic acids is 2. The van der Waals surface area contributed by atoms with Crippen LogP contribution in [0.3, 0.4) is 0 Å². The Balaban J connectivity index is 1.75. The monoisotopic (exact) mass is 378 g/mol. The number of pyridine rings is 1. The zero-order valence-electron chi connectivity index (χ0n) is 15.7. The van der Waals surface area contributed by atoms with E-state index in [-0.39, 0.29) is 24.1 Å². The maximum atomic E-state index is 13.0. The van der Waals surface area contributed by atoms with Gasteiger partial charge in [0.15, 0.2) is 11.5 Å². The van der Waals surface area contributed by atoms with E-state index in [2.05, 4.69) is 15.5 Å². The minimum atomic E-state index is -0.299. The number of benzene rings is 1. The molecular weight excluding hydrogens is 356 g/mol. The molecule has 7 heteroatoms. The second kappa shape index (κ2) is 9.45.